The number of amidine groups is 1. The van der Waals surface area contributed by atoms with Gasteiger partial charge in [0.15, 0.2) is 5.17 Å². The lowest BCUT2D eigenvalue weighted by Gasteiger charge is -2.08. The molecule has 1 atom stereocenters. The summed E-state index contributed by atoms with van der Waals surface area (Å²) in [6, 6.07) is 6.25. The number of thioether (sulfide) groups is 1. The van der Waals surface area contributed by atoms with Crippen LogP contribution in [0.1, 0.15) is 12.5 Å². The van der Waals surface area contributed by atoms with Crippen molar-refractivity contribution in [2.75, 3.05) is 11.1 Å². The number of benzene rings is 1. The molecule has 0 saturated carbocycles. The molecule has 0 bridgehead atoms. The second kappa shape index (κ2) is 4.45. The zero-order chi connectivity index (χ0) is 10.8. The van der Waals surface area contributed by atoms with Gasteiger partial charge in [-0.05, 0) is 37.6 Å². The molecule has 1 aromatic rings. The van der Waals surface area contributed by atoms with E-state index in [1.165, 1.54) is 0 Å². The van der Waals surface area contributed by atoms with Crippen LogP contribution >= 0.6 is 23.4 Å². The van der Waals surface area contributed by atoms with Gasteiger partial charge in [0.2, 0.25) is 0 Å². The van der Waals surface area contributed by atoms with E-state index in [1.54, 1.807) is 11.8 Å². The minimum absolute atomic E-state index is 0.421. The van der Waals surface area contributed by atoms with Crippen LogP contribution in [0.5, 0.6) is 0 Å². The Morgan fingerprint density at radius 2 is 2.33 bits per heavy atom. The lowest BCUT2D eigenvalue weighted by Crippen LogP contribution is -2.06. The fourth-order valence-electron chi connectivity index (χ4n) is 1.43. The molecule has 80 valence electrons. The van der Waals surface area contributed by atoms with Crippen LogP contribution in [0.25, 0.3) is 0 Å². The van der Waals surface area contributed by atoms with Crippen LogP contribution in [0, 0.1) is 6.92 Å². The molecule has 2 nitrogen and oxygen atoms in total. The number of anilines is 1. The molecular weight excluding hydrogens is 228 g/mol. The van der Waals surface area contributed by atoms with Crippen LogP contribution in [0.4, 0.5) is 5.69 Å². The van der Waals surface area contributed by atoms with Crippen LogP contribution in [0.2, 0.25) is 5.02 Å². The van der Waals surface area contributed by atoms with Crippen molar-refractivity contribution < 1.29 is 0 Å². The highest BCUT2D eigenvalue weighted by molar-refractivity contribution is 8.14. The highest BCUT2D eigenvalue weighted by Gasteiger charge is 2.14. The summed E-state index contributed by atoms with van der Waals surface area (Å²) in [6.45, 7) is 4.16. The summed E-state index contributed by atoms with van der Waals surface area (Å²) in [6.07, 6.45) is 0. The van der Waals surface area contributed by atoms with E-state index in [-0.39, 0.29) is 0 Å². The number of rotatable bonds is 1. The topological polar surface area (TPSA) is 24.4 Å². The van der Waals surface area contributed by atoms with Crippen molar-refractivity contribution in [2.24, 2.45) is 4.99 Å². The van der Waals surface area contributed by atoms with Crippen molar-refractivity contribution in [1.29, 1.82) is 0 Å². The molecule has 4 heteroatoms. The molecule has 2 rings (SSSR count). The highest BCUT2D eigenvalue weighted by Crippen LogP contribution is 2.23. The zero-order valence-electron chi connectivity index (χ0n) is 8.75. The SMILES string of the molecule is Cc1cc(Cl)ccc1NC1=NC(C)CS1. The van der Waals surface area contributed by atoms with Gasteiger partial charge >= 0.3 is 0 Å². The number of halogens is 1. The molecule has 1 aromatic carbocycles. The third kappa shape index (κ3) is 2.67. The molecule has 0 aromatic heterocycles. The van der Waals surface area contributed by atoms with Gasteiger partial charge in [-0.2, -0.15) is 0 Å². The van der Waals surface area contributed by atoms with Crippen LogP contribution in [0.15, 0.2) is 23.2 Å². The number of hydrogen-bond donors (Lipinski definition) is 1. The summed E-state index contributed by atoms with van der Waals surface area (Å²) in [5.41, 5.74) is 2.23. The molecule has 1 unspecified atom stereocenters. The standard InChI is InChI=1S/C11H13ClN2S/c1-7-5-9(12)3-4-10(7)14-11-13-8(2)6-15-11/h3-5,8H,6H2,1-2H3,(H,13,14). The molecule has 1 aliphatic rings. The summed E-state index contributed by atoms with van der Waals surface area (Å²) in [5.74, 6) is 1.06. The minimum Gasteiger partial charge on any atom is -0.335 e. The molecule has 0 amide bonds. The zero-order valence-corrected chi connectivity index (χ0v) is 10.3. The van der Waals surface area contributed by atoms with Gasteiger partial charge < -0.3 is 5.32 Å². The molecule has 1 heterocycles. The van der Waals surface area contributed by atoms with E-state index < -0.39 is 0 Å². The van der Waals surface area contributed by atoms with E-state index in [2.05, 4.69) is 17.2 Å². The molecular formula is C11H13ClN2S. The second-order valence-electron chi connectivity index (χ2n) is 3.68. The maximum atomic E-state index is 5.89. The normalized spacial score (nSPS) is 20.2. The van der Waals surface area contributed by atoms with Crippen LogP contribution < -0.4 is 5.32 Å². The van der Waals surface area contributed by atoms with Crippen LogP contribution in [-0.2, 0) is 0 Å². The molecule has 1 aliphatic heterocycles. The molecule has 0 radical (unpaired) electrons. The predicted molar refractivity (Wildman–Crippen MR) is 69.2 cm³/mol. The third-order valence-corrected chi connectivity index (χ3v) is 3.59. The number of hydrogen-bond acceptors (Lipinski definition) is 3. The quantitative estimate of drug-likeness (QED) is 0.812. The Morgan fingerprint density at radius 3 is 2.93 bits per heavy atom. The van der Waals surface area contributed by atoms with Gasteiger partial charge in [0, 0.05) is 16.5 Å². The Morgan fingerprint density at radius 1 is 1.53 bits per heavy atom. The number of aliphatic imine (C=N–C) groups is 1. The lowest BCUT2D eigenvalue weighted by atomic mass is 10.2. The summed E-state index contributed by atoms with van der Waals surface area (Å²) in [5, 5.41) is 5.10. The van der Waals surface area contributed by atoms with E-state index >= 15 is 0 Å². The number of nitrogens with one attached hydrogen (secondary N) is 1. The fourth-order valence-corrected chi connectivity index (χ4v) is 2.56. The first-order chi connectivity index (χ1) is 7.15. The summed E-state index contributed by atoms with van der Waals surface area (Å²) in [4.78, 5) is 4.48. The van der Waals surface area contributed by atoms with Crippen molar-refractivity contribution in [2.45, 2.75) is 19.9 Å². The third-order valence-electron chi connectivity index (χ3n) is 2.23. The minimum atomic E-state index is 0.421. The summed E-state index contributed by atoms with van der Waals surface area (Å²) in [7, 11) is 0. The van der Waals surface area contributed by atoms with E-state index in [1.807, 2.05) is 25.1 Å². The molecule has 0 saturated heterocycles. The van der Waals surface area contributed by atoms with E-state index in [4.69, 9.17) is 11.6 Å². The first kappa shape index (κ1) is 10.8. The van der Waals surface area contributed by atoms with Gasteiger partial charge in [-0.3, -0.25) is 4.99 Å². The fraction of sp³-hybridized carbons (Fsp3) is 0.364. The average molecular weight is 241 g/mol. The van der Waals surface area contributed by atoms with Crippen molar-refractivity contribution >= 4 is 34.2 Å². The van der Waals surface area contributed by atoms with Crippen molar-refractivity contribution in [3.8, 4) is 0 Å². The maximum absolute atomic E-state index is 5.89. The molecule has 0 fully saturated rings. The predicted octanol–water partition coefficient (Wildman–Crippen LogP) is 3.55. The van der Waals surface area contributed by atoms with Crippen molar-refractivity contribution in [3.05, 3.63) is 28.8 Å². The number of nitrogens with zero attached hydrogens (tertiary/aromatic N) is 1. The molecule has 0 spiro atoms. The van der Waals surface area contributed by atoms with E-state index in [0.29, 0.717) is 6.04 Å². The first-order valence-electron chi connectivity index (χ1n) is 4.89. The van der Waals surface area contributed by atoms with Gasteiger partial charge in [0.25, 0.3) is 0 Å². The largest absolute Gasteiger partial charge is 0.335 e. The van der Waals surface area contributed by atoms with E-state index in [0.717, 1.165) is 27.2 Å². The van der Waals surface area contributed by atoms with E-state index in [9.17, 15) is 0 Å². The molecule has 0 aliphatic carbocycles. The van der Waals surface area contributed by atoms with Crippen molar-refractivity contribution in [3.63, 3.8) is 0 Å². The Hall–Kier alpha value is -0.670. The highest BCUT2D eigenvalue weighted by atomic mass is 35.5. The van der Waals surface area contributed by atoms with Gasteiger partial charge in [0.1, 0.15) is 0 Å². The van der Waals surface area contributed by atoms with Crippen LogP contribution in [-0.4, -0.2) is 17.0 Å². The Kier molecular flexibility index (Phi) is 3.22. The van der Waals surface area contributed by atoms with Crippen LogP contribution in [0.3, 0.4) is 0 Å². The van der Waals surface area contributed by atoms with Gasteiger partial charge in [-0.25, -0.2) is 0 Å². The monoisotopic (exact) mass is 240 g/mol. The second-order valence-corrected chi connectivity index (χ2v) is 5.12. The smallest absolute Gasteiger partial charge is 0.161 e. The number of aryl methyl sites for hydroxylation is 1. The lowest BCUT2D eigenvalue weighted by molar-refractivity contribution is 0.865. The Balaban J connectivity index is 2.14. The average Bonchev–Trinajstić information content (AvgIpc) is 2.56. The summed E-state index contributed by atoms with van der Waals surface area (Å²) >= 11 is 7.66. The van der Waals surface area contributed by atoms with Gasteiger partial charge in [-0.1, -0.05) is 23.4 Å². The van der Waals surface area contributed by atoms with Gasteiger partial charge in [0.05, 0.1) is 6.04 Å². The Bertz CT molecular complexity index is 404. The van der Waals surface area contributed by atoms with Gasteiger partial charge in [-0.15, -0.1) is 0 Å². The van der Waals surface area contributed by atoms with Crippen molar-refractivity contribution in [1.82, 2.24) is 0 Å². The Labute approximate surface area is 99.1 Å². The first-order valence-corrected chi connectivity index (χ1v) is 6.25. The summed E-state index contributed by atoms with van der Waals surface area (Å²) < 4.78 is 0. The molecule has 15 heavy (non-hydrogen) atoms. The molecule has 1 N–H and O–H groups in total. The maximum Gasteiger partial charge on any atom is 0.161 e.